The minimum Gasteiger partial charge on any atom is -0.453 e. The number of aromatic amines is 2. The Hall–Kier alpha value is -1.36. The van der Waals surface area contributed by atoms with Crippen molar-refractivity contribution >= 4 is 43.8 Å². The fraction of sp³-hybridized carbons (Fsp3) is 0.273. The van der Waals surface area contributed by atoms with Gasteiger partial charge in [0.2, 0.25) is 0 Å². The summed E-state index contributed by atoms with van der Waals surface area (Å²) in [4.78, 5) is 21.2. The van der Waals surface area contributed by atoms with E-state index in [9.17, 15) is 9.90 Å². The molecule has 0 bridgehead atoms. The van der Waals surface area contributed by atoms with Crippen LogP contribution >= 0.6 is 31.9 Å². The quantitative estimate of drug-likeness (QED) is 0.456. The number of anilines is 1. The number of H-pyrrole nitrogens is 2. The van der Waals surface area contributed by atoms with Gasteiger partial charge < -0.3 is 31.3 Å². The molecule has 2 heterocycles. The van der Waals surface area contributed by atoms with Crippen molar-refractivity contribution in [2.45, 2.75) is 12.2 Å². The van der Waals surface area contributed by atoms with Crippen molar-refractivity contribution in [3.63, 3.8) is 0 Å². The van der Waals surface area contributed by atoms with Crippen molar-refractivity contribution in [1.82, 2.24) is 15.0 Å². The third kappa shape index (κ3) is 3.64. The second-order valence-electron chi connectivity index (χ2n) is 4.19. The third-order valence-electron chi connectivity index (χ3n) is 2.72. The Balaban J connectivity index is 2.09. The van der Waals surface area contributed by atoms with Crippen molar-refractivity contribution in [3.05, 3.63) is 32.7 Å². The van der Waals surface area contributed by atoms with Gasteiger partial charge in [0, 0.05) is 6.54 Å². The molecule has 0 radical (unpaired) electrons. The molecule has 0 spiro atoms. The predicted octanol–water partition coefficient (Wildman–Crippen LogP) is 1.06. The van der Waals surface area contributed by atoms with Gasteiger partial charge in [-0.05, 0) is 37.9 Å². The molecule has 8 nitrogen and oxygen atoms in total. The van der Waals surface area contributed by atoms with Crippen LogP contribution in [0.25, 0.3) is 0 Å². The van der Waals surface area contributed by atoms with Gasteiger partial charge >= 0.3 is 5.97 Å². The number of halogens is 2. The molecular weight excluding hydrogens is 410 g/mol. The van der Waals surface area contributed by atoms with E-state index in [1.54, 1.807) is 6.07 Å². The standard InChI is InChI=1S/C11H13Br2N5O3/c12-4-1-5(17-9(4)13)10(20)21-7(2-14)8(19)6-3-16-11(15)18-6/h1,3,7-8,17,19H,2,14H2,(H3,15,16,18)/t7-,8-/m0/s1. The number of hydrogen-bond donors (Lipinski definition) is 5. The Kier molecular flexibility index (Phi) is 5.04. The second kappa shape index (κ2) is 6.60. The van der Waals surface area contributed by atoms with E-state index in [0.717, 1.165) is 0 Å². The van der Waals surface area contributed by atoms with Gasteiger partial charge in [0.15, 0.2) is 5.95 Å². The van der Waals surface area contributed by atoms with Crippen LogP contribution in [0.5, 0.6) is 0 Å². The third-order valence-corrected chi connectivity index (χ3v) is 4.50. The van der Waals surface area contributed by atoms with Gasteiger partial charge in [0.1, 0.15) is 17.9 Å². The Morgan fingerprint density at radius 2 is 2.19 bits per heavy atom. The van der Waals surface area contributed by atoms with Gasteiger partial charge in [-0.15, -0.1) is 0 Å². The second-order valence-corrected chi connectivity index (χ2v) is 5.84. The average molecular weight is 423 g/mol. The molecule has 0 fully saturated rings. The summed E-state index contributed by atoms with van der Waals surface area (Å²) in [6, 6.07) is 1.56. The topological polar surface area (TPSA) is 143 Å². The maximum atomic E-state index is 12.0. The van der Waals surface area contributed by atoms with E-state index in [1.165, 1.54) is 6.20 Å². The van der Waals surface area contributed by atoms with Crippen LogP contribution < -0.4 is 11.5 Å². The maximum absolute atomic E-state index is 12.0. The number of carbonyl (C=O) groups excluding carboxylic acids is 1. The van der Waals surface area contributed by atoms with E-state index < -0.39 is 18.2 Å². The molecule has 0 aliphatic rings. The summed E-state index contributed by atoms with van der Waals surface area (Å²) in [5.41, 5.74) is 11.5. The molecule has 114 valence electrons. The van der Waals surface area contributed by atoms with Gasteiger partial charge in [0.25, 0.3) is 0 Å². The van der Waals surface area contributed by atoms with Gasteiger partial charge in [-0.2, -0.15) is 0 Å². The number of ether oxygens (including phenoxy) is 1. The summed E-state index contributed by atoms with van der Waals surface area (Å²) in [6.07, 6.45) is -0.720. The van der Waals surface area contributed by atoms with E-state index in [1.807, 2.05) is 0 Å². The molecule has 21 heavy (non-hydrogen) atoms. The zero-order chi connectivity index (χ0) is 15.6. The molecule has 0 amide bonds. The lowest BCUT2D eigenvalue weighted by molar-refractivity contribution is -0.0171. The van der Waals surface area contributed by atoms with Crippen molar-refractivity contribution < 1.29 is 14.6 Å². The number of carbonyl (C=O) groups is 1. The van der Waals surface area contributed by atoms with Crippen LogP contribution in [0.15, 0.2) is 21.3 Å². The molecule has 2 rings (SSSR count). The Morgan fingerprint density at radius 3 is 2.67 bits per heavy atom. The highest BCUT2D eigenvalue weighted by atomic mass is 79.9. The number of aliphatic hydroxyl groups excluding tert-OH is 1. The van der Waals surface area contributed by atoms with Crippen LogP contribution in [-0.2, 0) is 4.74 Å². The minimum atomic E-state index is -1.15. The number of esters is 1. The van der Waals surface area contributed by atoms with E-state index >= 15 is 0 Å². The minimum absolute atomic E-state index is 0.0606. The predicted molar refractivity (Wildman–Crippen MR) is 82.4 cm³/mol. The largest absolute Gasteiger partial charge is 0.453 e. The van der Waals surface area contributed by atoms with Crippen LogP contribution in [-0.4, -0.2) is 38.7 Å². The Morgan fingerprint density at radius 1 is 1.48 bits per heavy atom. The first-order chi connectivity index (χ1) is 9.92. The summed E-state index contributed by atoms with van der Waals surface area (Å²) in [5, 5.41) is 10.1. The molecular formula is C11H13Br2N5O3. The first-order valence-electron chi connectivity index (χ1n) is 5.86. The van der Waals surface area contributed by atoms with Gasteiger partial charge in [-0.3, -0.25) is 0 Å². The van der Waals surface area contributed by atoms with Gasteiger partial charge in [-0.1, -0.05) is 0 Å². The average Bonchev–Trinajstić information content (AvgIpc) is 3.02. The first kappa shape index (κ1) is 16.0. The summed E-state index contributed by atoms with van der Waals surface area (Å²) in [5.74, 6) is -0.480. The van der Waals surface area contributed by atoms with Crippen LogP contribution in [0.3, 0.4) is 0 Å². The summed E-state index contributed by atoms with van der Waals surface area (Å²) < 4.78 is 6.50. The number of nitrogen functional groups attached to an aromatic ring is 1. The smallest absolute Gasteiger partial charge is 0.355 e. The molecule has 0 aliphatic heterocycles. The molecule has 10 heteroatoms. The van der Waals surface area contributed by atoms with Gasteiger partial charge in [-0.25, -0.2) is 9.78 Å². The molecule has 2 atom stereocenters. The van der Waals surface area contributed by atoms with Crippen LogP contribution in [0.1, 0.15) is 22.3 Å². The van der Waals surface area contributed by atoms with Crippen LogP contribution in [0.2, 0.25) is 0 Å². The molecule has 2 aromatic rings. The zero-order valence-corrected chi connectivity index (χ0v) is 13.8. The highest BCUT2D eigenvalue weighted by molar-refractivity contribution is 9.13. The molecule has 0 saturated heterocycles. The van der Waals surface area contributed by atoms with E-state index in [0.29, 0.717) is 14.8 Å². The monoisotopic (exact) mass is 421 g/mol. The first-order valence-corrected chi connectivity index (χ1v) is 7.44. The van der Waals surface area contributed by atoms with Crippen LogP contribution in [0.4, 0.5) is 5.95 Å². The number of aromatic nitrogens is 3. The Bertz CT molecular complexity index is 622. The molecule has 0 unspecified atom stereocenters. The number of nitrogens with one attached hydrogen (secondary N) is 2. The highest BCUT2D eigenvalue weighted by Crippen LogP contribution is 2.24. The molecule has 0 aromatic carbocycles. The van der Waals surface area contributed by atoms with Crippen molar-refractivity contribution in [2.24, 2.45) is 5.73 Å². The molecule has 0 saturated carbocycles. The van der Waals surface area contributed by atoms with Crippen molar-refractivity contribution in [1.29, 1.82) is 0 Å². The van der Waals surface area contributed by atoms with Crippen molar-refractivity contribution in [2.75, 3.05) is 12.3 Å². The summed E-state index contributed by atoms with van der Waals surface area (Å²) in [6.45, 7) is -0.0606. The molecule has 2 aromatic heterocycles. The van der Waals surface area contributed by atoms with Gasteiger partial charge in [0.05, 0.1) is 21.0 Å². The molecule has 7 N–H and O–H groups in total. The normalized spacial score (nSPS) is 13.9. The van der Waals surface area contributed by atoms with Crippen molar-refractivity contribution in [3.8, 4) is 0 Å². The number of hydrogen-bond acceptors (Lipinski definition) is 6. The lowest BCUT2D eigenvalue weighted by Gasteiger charge is -2.20. The highest BCUT2D eigenvalue weighted by Gasteiger charge is 2.26. The zero-order valence-electron chi connectivity index (χ0n) is 10.6. The van der Waals surface area contributed by atoms with Crippen LogP contribution in [0, 0.1) is 0 Å². The number of nitrogens with zero attached hydrogens (tertiary/aromatic N) is 1. The fourth-order valence-electron chi connectivity index (χ4n) is 1.66. The molecule has 0 aliphatic carbocycles. The van der Waals surface area contributed by atoms with E-state index in [-0.39, 0.29) is 18.2 Å². The number of nitrogens with two attached hydrogens (primary N) is 2. The lowest BCUT2D eigenvalue weighted by atomic mass is 10.1. The number of imidazole rings is 1. The van der Waals surface area contributed by atoms with E-state index in [4.69, 9.17) is 16.2 Å². The fourth-order valence-corrected chi connectivity index (χ4v) is 2.31. The number of aliphatic hydroxyl groups is 1. The summed E-state index contributed by atoms with van der Waals surface area (Å²) >= 11 is 6.47. The number of rotatable bonds is 5. The lowest BCUT2D eigenvalue weighted by Crippen LogP contribution is -2.33. The summed E-state index contributed by atoms with van der Waals surface area (Å²) in [7, 11) is 0. The maximum Gasteiger partial charge on any atom is 0.355 e. The SMILES string of the molecule is NC[C@H](OC(=O)c1cc(Br)c(Br)[nH]1)[C@@H](O)c1cnc(N)[nH]1. The van der Waals surface area contributed by atoms with E-state index in [2.05, 4.69) is 46.8 Å². The Labute approximate surface area is 136 Å².